The molecule has 0 bridgehead atoms. The predicted octanol–water partition coefficient (Wildman–Crippen LogP) is 3.15. The molecule has 0 spiro atoms. The Balaban J connectivity index is 5.19. The Morgan fingerprint density at radius 2 is 1.52 bits per heavy atom. The third-order valence-corrected chi connectivity index (χ3v) is 2.43. The third-order valence-electron chi connectivity index (χ3n) is 2.43. The number of esters is 2. The molecule has 0 N–H and O–H groups in total. The monoisotopic (exact) mass is 295 g/mol. The summed E-state index contributed by atoms with van der Waals surface area (Å²) in [5.74, 6) is -1.26. The second-order valence-electron chi connectivity index (χ2n) is 6.81. The lowest BCUT2D eigenvalue weighted by Crippen LogP contribution is -2.35. The Bertz CT molecular complexity index is 460. The van der Waals surface area contributed by atoms with E-state index in [4.69, 9.17) is 9.47 Å². The van der Waals surface area contributed by atoms with Gasteiger partial charge in [0.15, 0.2) is 5.41 Å². The molecule has 1 atom stereocenters. The molecule has 0 amide bonds. The van der Waals surface area contributed by atoms with Crippen LogP contribution in [0.25, 0.3) is 0 Å². The lowest BCUT2D eigenvalue weighted by atomic mass is 9.86. The van der Waals surface area contributed by atoms with Crippen LogP contribution in [0.4, 0.5) is 0 Å². The zero-order chi connectivity index (χ0) is 16.9. The first-order valence-corrected chi connectivity index (χ1v) is 6.92. The van der Waals surface area contributed by atoms with Crippen LogP contribution >= 0.6 is 0 Å². The van der Waals surface area contributed by atoms with Crippen LogP contribution in [0.5, 0.6) is 0 Å². The number of hydrogen-bond donors (Lipinski definition) is 0. The van der Waals surface area contributed by atoms with E-state index in [1.165, 1.54) is 6.08 Å². The molecular formula is C16H25NO4. The van der Waals surface area contributed by atoms with Gasteiger partial charge in [-0.15, -0.1) is 0 Å². The smallest absolute Gasteiger partial charge is 0.331 e. The van der Waals surface area contributed by atoms with E-state index in [1.54, 1.807) is 48.5 Å². The second kappa shape index (κ2) is 6.75. The Morgan fingerprint density at radius 3 is 1.86 bits per heavy atom. The number of nitriles is 1. The third kappa shape index (κ3) is 6.94. The SMILES string of the molecule is CCC(C#N)(/C=C/C(=O)OC(C)(C)C)C(=O)OC(C)(C)C. The van der Waals surface area contributed by atoms with Crippen LogP contribution in [0.2, 0.25) is 0 Å². The highest BCUT2D eigenvalue weighted by molar-refractivity contribution is 5.87. The largest absolute Gasteiger partial charge is 0.459 e. The Hall–Kier alpha value is -1.83. The minimum atomic E-state index is -1.48. The number of carbonyl (C=O) groups is 2. The number of carbonyl (C=O) groups excluding carboxylic acids is 2. The normalized spacial score (nSPS) is 15.1. The predicted molar refractivity (Wildman–Crippen MR) is 79.2 cm³/mol. The lowest BCUT2D eigenvalue weighted by molar-refractivity contribution is -0.161. The van der Waals surface area contributed by atoms with E-state index in [0.29, 0.717) is 0 Å². The van der Waals surface area contributed by atoms with Crippen molar-refractivity contribution in [3.63, 3.8) is 0 Å². The van der Waals surface area contributed by atoms with Crippen molar-refractivity contribution in [2.24, 2.45) is 5.41 Å². The molecule has 0 fully saturated rings. The van der Waals surface area contributed by atoms with E-state index in [9.17, 15) is 14.9 Å². The van der Waals surface area contributed by atoms with E-state index in [-0.39, 0.29) is 6.42 Å². The number of nitrogens with zero attached hydrogens (tertiary/aromatic N) is 1. The molecule has 0 radical (unpaired) electrons. The number of rotatable bonds is 4. The van der Waals surface area contributed by atoms with Crippen molar-refractivity contribution >= 4 is 11.9 Å². The summed E-state index contributed by atoms with van der Waals surface area (Å²) in [6.07, 6.45) is 2.58. The molecule has 118 valence electrons. The molecule has 0 aromatic heterocycles. The molecule has 0 heterocycles. The van der Waals surface area contributed by atoms with Crippen molar-refractivity contribution in [1.82, 2.24) is 0 Å². The fourth-order valence-corrected chi connectivity index (χ4v) is 1.41. The van der Waals surface area contributed by atoms with E-state index >= 15 is 0 Å². The van der Waals surface area contributed by atoms with Gasteiger partial charge in [-0.1, -0.05) is 6.92 Å². The van der Waals surface area contributed by atoms with E-state index in [0.717, 1.165) is 6.08 Å². The molecule has 1 unspecified atom stereocenters. The summed E-state index contributed by atoms with van der Waals surface area (Å²) in [4.78, 5) is 23.9. The highest BCUT2D eigenvalue weighted by atomic mass is 16.6. The molecule has 5 heteroatoms. The molecule has 0 saturated carbocycles. The molecular weight excluding hydrogens is 270 g/mol. The Kier molecular flexibility index (Phi) is 6.16. The van der Waals surface area contributed by atoms with Crippen molar-refractivity contribution in [3.8, 4) is 6.07 Å². The van der Waals surface area contributed by atoms with Crippen molar-refractivity contribution in [2.45, 2.75) is 66.1 Å². The van der Waals surface area contributed by atoms with Crippen LogP contribution in [0, 0.1) is 16.7 Å². The van der Waals surface area contributed by atoms with Gasteiger partial charge in [0.05, 0.1) is 6.07 Å². The summed E-state index contributed by atoms with van der Waals surface area (Å²) in [6, 6.07) is 1.94. The summed E-state index contributed by atoms with van der Waals surface area (Å²) in [7, 11) is 0. The van der Waals surface area contributed by atoms with Gasteiger partial charge in [-0.3, -0.25) is 0 Å². The zero-order valence-electron chi connectivity index (χ0n) is 13.9. The van der Waals surface area contributed by atoms with Gasteiger partial charge in [-0.05, 0) is 54.0 Å². The fraction of sp³-hybridized carbons (Fsp3) is 0.688. The van der Waals surface area contributed by atoms with Crippen LogP contribution in [-0.2, 0) is 19.1 Å². The van der Waals surface area contributed by atoms with Crippen molar-refractivity contribution in [3.05, 3.63) is 12.2 Å². The van der Waals surface area contributed by atoms with Gasteiger partial charge in [-0.2, -0.15) is 5.26 Å². The minimum absolute atomic E-state index is 0.206. The molecule has 0 aromatic carbocycles. The molecule has 0 aliphatic rings. The van der Waals surface area contributed by atoms with E-state index in [2.05, 4.69) is 0 Å². The average molecular weight is 295 g/mol. The molecule has 0 saturated heterocycles. The Morgan fingerprint density at radius 1 is 1.05 bits per heavy atom. The van der Waals surface area contributed by atoms with Crippen molar-refractivity contribution < 1.29 is 19.1 Å². The van der Waals surface area contributed by atoms with Gasteiger partial charge in [0.25, 0.3) is 0 Å². The molecule has 0 aliphatic heterocycles. The Labute approximate surface area is 126 Å². The first kappa shape index (κ1) is 19.2. The standard InChI is InChI=1S/C16H25NO4/c1-8-16(11-17,13(19)21-15(5,6)7)10-9-12(18)20-14(2,3)4/h9-10H,8H2,1-7H3/b10-9+. The maximum atomic E-state index is 12.2. The van der Waals surface area contributed by atoms with Crippen LogP contribution in [0.1, 0.15) is 54.9 Å². The number of hydrogen-bond acceptors (Lipinski definition) is 5. The molecule has 0 aromatic rings. The van der Waals surface area contributed by atoms with Crippen LogP contribution in [-0.4, -0.2) is 23.1 Å². The highest BCUT2D eigenvalue weighted by Gasteiger charge is 2.38. The van der Waals surface area contributed by atoms with Crippen molar-refractivity contribution in [1.29, 1.82) is 5.26 Å². The van der Waals surface area contributed by atoms with Crippen LogP contribution in [0.15, 0.2) is 12.2 Å². The average Bonchev–Trinajstić information content (AvgIpc) is 2.26. The first-order chi connectivity index (χ1) is 9.35. The van der Waals surface area contributed by atoms with Crippen LogP contribution < -0.4 is 0 Å². The summed E-state index contributed by atoms with van der Waals surface area (Å²) in [5, 5.41) is 9.34. The molecule has 5 nitrogen and oxygen atoms in total. The highest BCUT2D eigenvalue weighted by Crippen LogP contribution is 2.27. The number of ether oxygens (including phenoxy) is 2. The first-order valence-electron chi connectivity index (χ1n) is 6.92. The van der Waals surface area contributed by atoms with E-state index < -0.39 is 28.6 Å². The minimum Gasteiger partial charge on any atom is -0.459 e. The quantitative estimate of drug-likeness (QED) is 0.588. The van der Waals surface area contributed by atoms with Gasteiger partial charge >= 0.3 is 11.9 Å². The molecule has 0 rings (SSSR count). The van der Waals surface area contributed by atoms with Gasteiger partial charge in [0, 0.05) is 6.08 Å². The second-order valence-corrected chi connectivity index (χ2v) is 6.81. The summed E-state index contributed by atoms with van der Waals surface area (Å²) >= 11 is 0. The van der Waals surface area contributed by atoms with E-state index in [1.807, 2.05) is 6.07 Å². The van der Waals surface area contributed by atoms with Crippen LogP contribution in [0.3, 0.4) is 0 Å². The molecule has 21 heavy (non-hydrogen) atoms. The van der Waals surface area contributed by atoms with Gasteiger partial charge < -0.3 is 9.47 Å². The zero-order valence-corrected chi connectivity index (χ0v) is 13.9. The molecule has 0 aliphatic carbocycles. The maximum absolute atomic E-state index is 12.2. The van der Waals surface area contributed by atoms with Gasteiger partial charge in [-0.25, -0.2) is 9.59 Å². The fourth-order valence-electron chi connectivity index (χ4n) is 1.41. The van der Waals surface area contributed by atoms with Crippen molar-refractivity contribution in [2.75, 3.05) is 0 Å². The van der Waals surface area contributed by atoms with Gasteiger partial charge in [0.1, 0.15) is 11.2 Å². The summed E-state index contributed by atoms with van der Waals surface area (Å²) in [5.41, 5.74) is -2.81. The maximum Gasteiger partial charge on any atom is 0.331 e. The summed E-state index contributed by atoms with van der Waals surface area (Å²) in [6.45, 7) is 12.1. The van der Waals surface area contributed by atoms with Gasteiger partial charge in [0.2, 0.25) is 0 Å². The topological polar surface area (TPSA) is 76.4 Å². The summed E-state index contributed by atoms with van der Waals surface area (Å²) < 4.78 is 10.4. The lowest BCUT2D eigenvalue weighted by Gasteiger charge is -2.26.